The average Bonchev–Trinajstić information content (AvgIpc) is 2.39. The minimum absolute atomic E-state index is 0.0136. The van der Waals surface area contributed by atoms with Crippen LogP contribution in [0.25, 0.3) is 10.9 Å². The molecule has 0 saturated carbocycles. The Hall–Kier alpha value is -2.50. The molecule has 1 unspecified atom stereocenters. The summed E-state index contributed by atoms with van der Waals surface area (Å²) in [5.41, 5.74) is 0.0444. The highest BCUT2D eigenvalue weighted by molar-refractivity contribution is 6.02. The predicted octanol–water partition coefficient (Wildman–Crippen LogP) is 1.16. The van der Waals surface area contributed by atoms with Crippen molar-refractivity contribution < 1.29 is 14.3 Å². The number of aromatic amines is 1. The van der Waals surface area contributed by atoms with Gasteiger partial charge in [0, 0.05) is 0 Å². The highest BCUT2D eigenvalue weighted by Crippen LogP contribution is 2.16. The molecule has 0 bridgehead atoms. The van der Waals surface area contributed by atoms with Crippen molar-refractivity contribution in [2.45, 2.75) is 19.8 Å². The summed E-state index contributed by atoms with van der Waals surface area (Å²) in [5, 5.41) is 0.405. The third kappa shape index (κ3) is 2.59. The molecule has 0 spiro atoms. The minimum Gasteiger partial charge on any atom is -0.465 e. The number of Topliss-reactive ketones (excluding diaryl/α,β-unsaturated/α-hetero) is 1. The van der Waals surface area contributed by atoms with Gasteiger partial charge in [-0.15, -0.1) is 0 Å². The zero-order valence-electron chi connectivity index (χ0n) is 11.2. The van der Waals surface area contributed by atoms with Gasteiger partial charge in [0.2, 0.25) is 0 Å². The molecule has 1 heterocycles. The van der Waals surface area contributed by atoms with Gasteiger partial charge in [0.15, 0.2) is 11.7 Å². The van der Waals surface area contributed by atoms with Gasteiger partial charge >= 0.3 is 5.97 Å². The van der Waals surface area contributed by atoms with Crippen LogP contribution in [0.2, 0.25) is 0 Å². The molecule has 2 rings (SSSR count). The van der Waals surface area contributed by atoms with Crippen LogP contribution in [0.5, 0.6) is 0 Å². The molecule has 0 aliphatic rings. The zero-order valence-corrected chi connectivity index (χ0v) is 11.2. The number of benzene rings is 1. The molecule has 0 aliphatic carbocycles. The van der Waals surface area contributed by atoms with Gasteiger partial charge < -0.3 is 9.72 Å². The summed E-state index contributed by atoms with van der Waals surface area (Å²) in [6, 6.07) is 6.72. The monoisotopic (exact) mass is 274 g/mol. The van der Waals surface area contributed by atoms with E-state index in [1.807, 2.05) is 0 Å². The number of para-hydroxylation sites is 1. The van der Waals surface area contributed by atoms with Gasteiger partial charge in [-0.3, -0.25) is 14.4 Å². The van der Waals surface area contributed by atoms with Crippen molar-refractivity contribution in [1.29, 1.82) is 0 Å². The van der Waals surface area contributed by atoms with Gasteiger partial charge in [0.05, 0.1) is 17.5 Å². The number of hydrogen-bond acceptors (Lipinski definition) is 5. The van der Waals surface area contributed by atoms with Crippen molar-refractivity contribution in [2.75, 3.05) is 6.61 Å². The first-order valence-electron chi connectivity index (χ1n) is 6.20. The summed E-state index contributed by atoms with van der Waals surface area (Å²) in [4.78, 5) is 42.1. The fraction of sp³-hybridized carbons (Fsp3) is 0.286. The summed E-state index contributed by atoms with van der Waals surface area (Å²) >= 11 is 0. The molecule has 0 aliphatic heterocycles. The molecule has 0 radical (unpaired) electrons. The van der Waals surface area contributed by atoms with Crippen molar-refractivity contribution in [3.05, 3.63) is 40.4 Å². The van der Waals surface area contributed by atoms with Gasteiger partial charge in [-0.2, -0.15) is 0 Å². The number of carbonyl (C=O) groups is 2. The second kappa shape index (κ2) is 5.64. The molecule has 0 amide bonds. The molecule has 6 heteroatoms. The summed E-state index contributed by atoms with van der Waals surface area (Å²) in [6.07, 6.45) is 0. The molecular formula is C14H14N2O4. The van der Waals surface area contributed by atoms with Gasteiger partial charge in [-0.25, -0.2) is 4.98 Å². The summed E-state index contributed by atoms with van der Waals surface area (Å²) < 4.78 is 4.85. The van der Waals surface area contributed by atoms with Crippen molar-refractivity contribution in [3.8, 4) is 0 Å². The second-order valence-electron chi connectivity index (χ2n) is 4.26. The fourth-order valence-electron chi connectivity index (χ4n) is 1.94. The van der Waals surface area contributed by atoms with Gasteiger partial charge in [0.1, 0.15) is 5.82 Å². The van der Waals surface area contributed by atoms with Crippen molar-refractivity contribution in [2.24, 2.45) is 0 Å². The van der Waals surface area contributed by atoms with Crippen LogP contribution in [0.4, 0.5) is 0 Å². The lowest BCUT2D eigenvalue weighted by Crippen LogP contribution is -2.27. The number of nitrogens with zero attached hydrogens (tertiary/aromatic N) is 1. The van der Waals surface area contributed by atoms with Crippen LogP contribution < -0.4 is 5.56 Å². The number of ether oxygens (including phenoxy) is 1. The zero-order chi connectivity index (χ0) is 14.7. The number of aromatic nitrogens is 2. The van der Waals surface area contributed by atoms with Crippen LogP contribution in [0.3, 0.4) is 0 Å². The van der Waals surface area contributed by atoms with Gasteiger partial charge in [-0.05, 0) is 26.0 Å². The molecule has 1 N–H and O–H groups in total. The number of rotatable bonds is 4. The van der Waals surface area contributed by atoms with Crippen LogP contribution in [0.1, 0.15) is 25.6 Å². The Labute approximate surface area is 114 Å². The Bertz CT molecular complexity index is 720. The first kappa shape index (κ1) is 13.9. The Morgan fingerprint density at radius 2 is 2.05 bits per heavy atom. The maximum absolute atomic E-state index is 11.9. The van der Waals surface area contributed by atoms with E-state index in [-0.39, 0.29) is 18.0 Å². The fourth-order valence-corrected chi connectivity index (χ4v) is 1.94. The first-order chi connectivity index (χ1) is 9.54. The van der Waals surface area contributed by atoms with Gasteiger partial charge in [0.25, 0.3) is 5.56 Å². The van der Waals surface area contributed by atoms with Crippen molar-refractivity contribution >= 4 is 22.7 Å². The topological polar surface area (TPSA) is 89.1 Å². The van der Waals surface area contributed by atoms with E-state index in [4.69, 9.17) is 4.74 Å². The minimum atomic E-state index is -1.20. The molecule has 104 valence electrons. The highest BCUT2D eigenvalue weighted by atomic mass is 16.5. The summed E-state index contributed by atoms with van der Waals surface area (Å²) in [6.45, 7) is 3.06. The van der Waals surface area contributed by atoms with E-state index in [1.54, 1.807) is 31.2 Å². The maximum atomic E-state index is 11.9. The largest absolute Gasteiger partial charge is 0.465 e. The summed E-state index contributed by atoms with van der Waals surface area (Å²) in [5.74, 6) is -2.33. The Morgan fingerprint density at radius 3 is 2.70 bits per heavy atom. The lowest BCUT2D eigenvalue weighted by molar-refractivity contribution is -0.147. The number of ketones is 1. The first-order valence-corrected chi connectivity index (χ1v) is 6.20. The van der Waals surface area contributed by atoms with Crippen LogP contribution in [0.15, 0.2) is 29.1 Å². The molecule has 1 aromatic carbocycles. The molecule has 2 aromatic rings. The normalized spacial score (nSPS) is 12.1. The van der Waals surface area contributed by atoms with Crippen LogP contribution in [0, 0.1) is 0 Å². The quantitative estimate of drug-likeness (QED) is 0.667. The predicted molar refractivity (Wildman–Crippen MR) is 72.4 cm³/mol. The Kier molecular flexibility index (Phi) is 3.93. The standard InChI is InChI=1S/C14H14N2O4/c1-3-20-14(19)11(8(2)17)12-15-10-7-5-4-6-9(10)13(18)16-12/h4-7,11H,3H2,1-2H3,(H,15,16,18). The Balaban J connectivity index is 2.57. The van der Waals surface area contributed by atoms with Crippen molar-refractivity contribution in [1.82, 2.24) is 9.97 Å². The van der Waals surface area contributed by atoms with E-state index in [2.05, 4.69) is 9.97 Å². The van der Waals surface area contributed by atoms with E-state index >= 15 is 0 Å². The molecule has 1 atom stereocenters. The second-order valence-corrected chi connectivity index (χ2v) is 4.26. The average molecular weight is 274 g/mol. The van der Waals surface area contributed by atoms with Crippen molar-refractivity contribution in [3.63, 3.8) is 0 Å². The number of nitrogens with one attached hydrogen (secondary N) is 1. The SMILES string of the molecule is CCOC(=O)C(C(C)=O)c1nc2ccccc2c(=O)[nH]1. The number of H-pyrrole nitrogens is 1. The smallest absolute Gasteiger partial charge is 0.324 e. The van der Waals surface area contributed by atoms with Crippen LogP contribution >= 0.6 is 0 Å². The Morgan fingerprint density at radius 1 is 1.35 bits per heavy atom. The number of esters is 1. The lowest BCUT2D eigenvalue weighted by Gasteiger charge is -2.12. The number of hydrogen-bond donors (Lipinski definition) is 1. The maximum Gasteiger partial charge on any atom is 0.324 e. The number of carbonyl (C=O) groups excluding carboxylic acids is 2. The van der Waals surface area contributed by atoms with E-state index < -0.39 is 17.7 Å². The third-order valence-corrected chi connectivity index (χ3v) is 2.83. The lowest BCUT2D eigenvalue weighted by atomic mass is 10.0. The number of fused-ring (bicyclic) bond motifs is 1. The van der Waals surface area contributed by atoms with Crippen LogP contribution in [-0.2, 0) is 14.3 Å². The molecule has 0 fully saturated rings. The van der Waals surface area contributed by atoms with E-state index in [9.17, 15) is 14.4 Å². The highest BCUT2D eigenvalue weighted by Gasteiger charge is 2.29. The molecule has 6 nitrogen and oxygen atoms in total. The van der Waals surface area contributed by atoms with E-state index in [0.29, 0.717) is 10.9 Å². The van der Waals surface area contributed by atoms with E-state index in [0.717, 1.165) is 0 Å². The third-order valence-electron chi connectivity index (χ3n) is 2.83. The van der Waals surface area contributed by atoms with E-state index in [1.165, 1.54) is 6.92 Å². The molecular weight excluding hydrogens is 260 g/mol. The molecule has 1 aromatic heterocycles. The van der Waals surface area contributed by atoms with Crippen LogP contribution in [-0.4, -0.2) is 28.3 Å². The van der Waals surface area contributed by atoms with Gasteiger partial charge in [-0.1, -0.05) is 12.1 Å². The summed E-state index contributed by atoms with van der Waals surface area (Å²) in [7, 11) is 0. The molecule has 20 heavy (non-hydrogen) atoms. The molecule has 0 saturated heterocycles.